The number of rotatable bonds is 7. The third-order valence-electron chi connectivity index (χ3n) is 2.07. The van der Waals surface area contributed by atoms with Crippen molar-refractivity contribution < 1.29 is 75.7 Å². The smallest absolute Gasteiger partial charge is 0.265 e. The van der Waals surface area contributed by atoms with Crippen LogP contribution < -0.4 is 0 Å². The molecule has 0 amide bonds. The molecule has 0 aromatic carbocycles. The van der Waals surface area contributed by atoms with Crippen LogP contribution in [0.3, 0.4) is 0 Å². The lowest BCUT2D eigenvalue weighted by atomic mass is 10.2. The molecule has 0 aromatic rings. The van der Waals surface area contributed by atoms with Crippen LogP contribution in [0.25, 0.3) is 0 Å². The summed E-state index contributed by atoms with van der Waals surface area (Å²) in [4.78, 5) is 9.84. The Labute approximate surface area is 126 Å². The van der Waals surface area contributed by atoms with Crippen LogP contribution in [0.5, 0.6) is 0 Å². The van der Waals surface area contributed by atoms with E-state index in [-0.39, 0.29) is 0 Å². The van der Waals surface area contributed by atoms with Gasteiger partial charge in [-0.25, -0.2) is 4.39 Å². The van der Waals surface area contributed by atoms with Gasteiger partial charge in [0.25, 0.3) is 0 Å². The molecule has 0 aromatic heterocycles. The van der Waals surface area contributed by atoms with E-state index in [1.807, 2.05) is 0 Å². The highest BCUT2D eigenvalue weighted by molar-refractivity contribution is 5.77. The average molecular weight is 412 g/mol. The molecule has 150 valence electrons. The predicted molar refractivity (Wildman–Crippen MR) is 43.9 cm³/mol. The van der Waals surface area contributed by atoms with Gasteiger partial charge in [0.2, 0.25) is 0 Å². The minimum atomic E-state index is -7.45. The highest BCUT2D eigenvalue weighted by Gasteiger charge is 2.81. The minimum absolute atomic E-state index is 1.61. The summed E-state index contributed by atoms with van der Waals surface area (Å²) in [6.07, 6.45) is -28.0. The predicted octanol–water partition coefficient (Wildman–Crippen LogP) is 4.13. The number of ether oxygens (including phenoxy) is 2. The quantitative estimate of drug-likeness (QED) is 0.466. The molecule has 0 bridgehead atoms. The van der Waals surface area contributed by atoms with Gasteiger partial charge < -0.3 is 0 Å². The van der Waals surface area contributed by atoms with Crippen molar-refractivity contribution in [2.45, 2.75) is 36.3 Å². The van der Waals surface area contributed by atoms with Gasteiger partial charge in [-0.15, -0.1) is 0 Å². The van der Waals surface area contributed by atoms with Crippen molar-refractivity contribution in [3.63, 3.8) is 0 Å². The SMILES string of the molecule is O=C(F)C(F)(OC(F)(F)C(F)(OC(F)(F)CF)C(F)(F)F)C(F)(F)F. The first-order valence-electron chi connectivity index (χ1n) is 5.10. The molecule has 2 atom stereocenters. The van der Waals surface area contributed by atoms with Gasteiger partial charge in [-0.2, -0.15) is 57.1 Å². The van der Waals surface area contributed by atoms with E-state index in [0.29, 0.717) is 0 Å². The van der Waals surface area contributed by atoms with Crippen LogP contribution in [0.1, 0.15) is 0 Å². The van der Waals surface area contributed by atoms with Crippen LogP contribution >= 0.6 is 0 Å². The third-order valence-corrected chi connectivity index (χ3v) is 2.07. The van der Waals surface area contributed by atoms with Crippen molar-refractivity contribution in [3.05, 3.63) is 0 Å². The molecule has 17 heteroatoms. The first-order chi connectivity index (χ1) is 10.7. The highest BCUT2D eigenvalue weighted by atomic mass is 19.4. The van der Waals surface area contributed by atoms with Gasteiger partial charge in [-0.3, -0.25) is 14.3 Å². The van der Waals surface area contributed by atoms with Crippen LogP contribution in [0.4, 0.5) is 61.5 Å². The first kappa shape index (κ1) is 23.6. The summed E-state index contributed by atoms with van der Waals surface area (Å²) < 4.78 is 177. The summed E-state index contributed by atoms with van der Waals surface area (Å²) in [5, 5.41) is 0. The first-order valence-corrected chi connectivity index (χ1v) is 5.10. The number of carbonyl (C=O) groups excluding carboxylic acids is 1. The monoisotopic (exact) mass is 412 g/mol. The molecule has 0 saturated carbocycles. The Bertz CT molecular complexity index is 497. The maximum atomic E-state index is 13.3. The summed E-state index contributed by atoms with van der Waals surface area (Å²) in [6, 6.07) is -4.53. The number of hydrogen-bond acceptors (Lipinski definition) is 3. The van der Waals surface area contributed by atoms with Crippen LogP contribution in [0.2, 0.25) is 0 Å². The van der Waals surface area contributed by atoms with E-state index in [1.165, 1.54) is 0 Å². The number of halogens is 14. The largest absolute Gasteiger partial charge is 0.459 e. The van der Waals surface area contributed by atoms with Gasteiger partial charge in [0.15, 0.2) is 6.67 Å². The normalized spacial score (nSPS) is 19.3. The summed E-state index contributed by atoms with van der Waals surface area (Å²) in [6.45, 7) is -3.40. The van der Waals surface area contributed by atoms with Crippen molar-refractivity contribution in [1.82, 2.24) is 0 Å². The zero-order valence-corrected chi connectivity index (χ0v) is 10.7. The minimum Gasteiger partial charge on any atom is -0.265 e. The Morgan fingerprint density at radius 3 is 1.36 bits per heavy atom. The van der Waals surface area contributed by atoms with E-state index in [1.54, 1.807) is 9.47 Å². The Balaban J connectivity index is 6.23. The van der Waals surface area contributed by atoms with E-state index in [9.17, 15) is 66.3 Å². The van der Waals surface area contributed by atoms with E-state index in [0.717, 1.165) is 0 Å². The topological polar surface area (TPSA) is 35.5 Å². The molecule has 0 aliphatic heterocycles. The molecule has 0 rings (SSSR count). The highest BCUT2D eigenvalue weighted by Crippen LogP contribution is 2.52. The van der Waals surface area contributed by atoms with E-state index in [4.69, 9.17) is 0 Å². The van der Waals surface area contributed by atoms with Crippen molar-refractivity contribution in [2.75, 3.05) is 6.67 Å². The van der Waals surface area contributed by atoms with Crippen molar-refractivity contribution in [1.29, 1.82) is 0 Å². The second kappa shape index (κ2) is 6.40. The summed E-state index contributed by atoms with van der Waals surface area (Å²) >= 11 is 0. The molecule has 0 N–H and O–H groups in total. The number of hydrogen-bond donors (Lipinski definition) is 0. The third kappa shape index (κ3) is 4.42. The fourth-order valence-corrected chi connectivity index (χ4v) is 0.967. The van der Waals surface area contributed by atoms with Crippen molar-refractivity contribution in [3.8, 4) is 0 Å². The molecule has 0 heterocycles. The zero-order chi connectivity index (χ0) is 20.7. The Morgan fingerprint density at radius 1 is 0.720 bits per heavy atom. The second-order valence-electron chi connectivity index (χ2n) is 3.95. The van der Waals surface area contributed by atoms with Gasteiger partial charge in [0.05, 0.1) is 0 Å². The number of alkyl halides is 13. The van der Waals surface area contributed by atoms with Crippen LogP contribution in [0, 0.1) is 0 Å². The van der Waals surface area contributed by atoms with E-state index < -0.39 is 49.0 Å². The lowest BCUT2D eigenvalue weighted by molar-refractivity contribution is -0.525. The van der Waals surface area contributed by atoms with E-state index >= 15 is 0 Å². The molecule has 0 spiro atoms. The van der Waals surface area contributed by atoms with Gasteiger partial charge in [0, 0.05) is 0 Å². The van der Waals surface area contributed by atoms with Gasteiger partial charge in [-0.1, -0.05) is 0 Å². The van der Waals surface area contributed by atoms with Gasteiger partial charge in [0.1, 0.15) is 0 Å². The Kier molecular flexibility index (Phi) is 6.05. The molecule has 0 radical (unpaired) electrons. The van der Waals surface area contributed by atoms with Crippen LogP contribution in [-0.2, 0) is 14.3 Å². The fourth-order valence-electron chi connectivity index (χ4n) is 0.967. The van der Waals surface area contributed by atoms with Crippen molar-refractivity contribution >= 4 is 6.04 Å². The zero-order valence-electron chi connectivity index (χ0n) is 10.7. The molecule has 0 saturated heterocycles. The van der Waals surface area contributed by atoms with Gasteiger partial charge >= 0.3 is 42.3 Å². The van der Waals surface area contributed by atoms with Crippen LogP contribution in [0.15, 0.2) is 0 Å². The lowest BCUT2D eigenvalue weighted by Gasteiger charge is -2.37. The maximum absolute atomic E-state index is 13.3. The number of carbonyl (C=O) groups is 1. The average Bonchev–Trinajstić information content (AvgIpc) is 2.34. The molecule has 25 heavy (non-hydrogen) atoms. The Hall–Kier alpha value is -1.39. The summed E-state index contributed by atoms with van der Waals surface area (Å²) in [5.74, 6) is -14.2. The van der Waals surface area contributed by atoms with Crippen molar-refractivity contribution in [2.24, 2.45) is 0 Å². The fraction of sp³-hybridized carbons (Fsp3) is 0.875. The standard InChI is InChI=1S/C8H2F14O3/c9-1-3(11,12)24-5(14,7(18,19)20)8(21,22)25-4(13,2(10)23)6(15,16)17/h1H2. The molecule has 3 nitrogen and oxygen atoms in total. The van der Waals surface area contributed by atoms with Gasteiger partial charge in [-0.05, 0) is 0 Å². The molecule has 0 aliphatic rings. The molecular weight excluding hydrogens is 410 g/mol. The van der Waals surface area contributed by atoms with Crippen LogP contribution in [-0.4, -0.2) is 49.0 Å². The second-order valence-corrected chi connectivity index (χ2v) is 3.95. The molecule has 0 aliphatic carbocycles. The maximum Gasteiger partial charge on any atom is 0.459 e. The summed E-state index contributed by atoms with van der Waals surface area (Å²) in [7, 11) is 0. The molecular formula is C8H2F14O3. The Morgan fingerprint density at radius 2 is 1.12 bits per heavy atom. The lowest BCUT2D eigenvalue weighted by Crippen LogP contribution is -2.65. The summed E-state index contributed by atoms with van der Waals surface area (Å²) in [5.41, 5.74) is 0. The molecule has 0 fully saturated rings. The van der Waals surface area contributed by atoms with E-state index in [2.05, 4.69) is 0 Å². The molecule has 2 unspecified atom stereocenters.